The van der Waals surface area contributed by atoms with Crippen LogP contribution in [0.2, 0.25) is 5.02 Å². The second-order valence-electron chi connectivity index (χ2n) is 5.13. The van der Waals surface area contributed by atoms with E-state index >= 15 is 0 Å². The SMILES string of the molecule is O=C(NN=Cc1cc(Cl)cc(C(F)(F)F)c1O)c1ccccc1C(F)(F)F. The van der Waals surface area contributed by atoms with Gasteiger partial charge in [0.1, 0.15) is 5.75 Å². The highest BCUT2D eigenvalue weighted by molar-refractivity contribution is 6.31. The van der Waals surface area contributed by atoms with Crippen LogP contribution in [0.5, 0.6) is 5.75 Å². The van der Waals surface area contributed by atoms with Crippen LogP contribution in [0, 0.1) is 0 Å². The number of benzene rings is 2. The van der Waals surface area contributed by atoms with Gasteiger partial charge in [-0.3, -0.25) is 4.79 Å². The van der Waals surface area contributed by atoms with E-state index in [0.717, 1.165) is 18.2 Å². The second kappa shape index (κ2) is 7.47. The average molecular weight is 411 g/mol. The molecule has 11 heteroatoms. The lowest BCUT2D eigenvalue weighted by Crippen LogP contribution is -2.22. The monoisotopic (exact) mass is 410 g/mol. The summed E-state index contributed by atoms with van der Waals surface area (Å²) < 4.78 is 77.0. The van der Waals surface area contributed by atoms with Gasteiger partial charge in [0.2, 0.25) is 0 Å². The molecule has 0 aliphatic rings. The van der Waals surface area contributed by atoms with Crippen molar-refractivity contribution in [3.63, 3.8) is 0 Å². The molecule has 0 radical (unpaired) electrons. The van der Waals surface area contributed by atoms with Gasteiger partial charge in [-0.1, -0.05) is 23.7 Å². The maximum atomic E-state index is 12.9. The van der Waals surface area contributed by atoms with Gasteiger partial charge in [0.05, 0.1) is 22.9 Å². The van der Waals surface area contributed by atoms with Crippen LogP contribution in [0.1, 0.15) is 27.0 Å². The van der Waals surface area contributed by atoms with Gasteiger partial charge >= 0.3 is 12.4 Å². The van der Waals surface area contributed by atoms with E-state index in [-0.39, 0.29) is 5.02 Å². The van der Waals surface area contributed by atoms with Crippen LogP contribution >= 0.6 is 11.6 Å². The Morgan fingerprint density at radius 2 is 1.63 bits per heavy atom. The highest BCUT2D eigenvalue weighted by Gasteiger charge is 2.36. The summed E-state index contributed by atoms with van der Waals surface area (Å²) in [5.41, 5.74) is -2.09. The molecular formula is C16H9ClF6N2O2. The van der Waals surface area contributed by atoms with E-state index in [2.05, 4.69) is 5.10 Å². The number of nitrogens with zero attached hydrogens (tertiary/aromatic N) is 1. The summed E-state index contributed by atoms with van der Waals surface area (Å²) in [6.45, 7) is 0. The number of amides is 1. The molecule has 0 aliphatic heterocycles. The summed E-state index contributed by atoms with van der Waals surface area (Å²) in [5, 5.41) is 12.6. The number of aromatic hydroxyl groups is 1. The molecule has 0 aliphatic carbocycles. The number of halogens is 7. The second-order valence-corrected chi connectivity index (χ2v) is 5.57. The molecule has 2 aromatic carbocycles. The first-order valence-electron chi connectivity index (χ1n) is 7.00. The van der Waals surface area contributed by atoms with Crippen molar-refractivity contribution >= 4 is 23.7 Å². The third kappa shape index (κ3) is 4.91. The molecule has 4 nitrogen and oxygen atoms in total. The zero-order chi connectivity index (χ0) is 20.4. The Hall–Kier alpha value is -2.75. The molecule has 0 saturated heterocycles. The lowest BCUT2D eigenvalue weighted by Gasteiger charge is -2.12. The van der Waals surface area contributed by atoms with E-state index < -0.39 is 46.3 Å². The van der Waals surface area contributed by atoms with Gasteiger partial charge in [-0.05, 0) is 24.3 Å². The number of carbonyl (C=O) groups is 1. The number of hydrazone groups is 1. The fraction of sp³-hybridized carbons (Fsp3) is 0.125. The molecule has 144 valence electrons. The first-order valence-corrected chi connectivity index (χ1v) is 7.38. The van der Waals surface area contributed by atoms with E-state index in [9.17, 15) is 36.2 Å². The molecule has 0 saturated carbocycles. The minimum absolute atomic E-state index is 0.365. The normalized spacial score (nSPS) is 12.4. The van der Waals surface area contributed by atoms with Crippen molar-refractivity contribution in [2.45, 2.75) is 12.4 Å². The van der Waals surface area contributed by atoms with Gasteiger partial charge < -0.3 is 5.11 Å². The molecule has 2 aromatic rings. The Morgan fingerprint density at radius 1 is 1.04 bits per heavy atom. The summed E-state index contributed by atoms with van der Waals surface area (Å²) in [6, 6.07) is 5.32. The summed E-state index contributed by atoms with van der Waals surface area (Å²) in [6.07, 6.45) is -9.05. The van der Waals surface area contributed by atoms with Crippen LogP contribution in [-0.2, 0) is 12.4 Å². The molecule has 0 aromatic heterocycles. The number of phenols is 1. The van der Waals surface area contributed by atoms with Gasteiger partial charge in [0.25, 0.3) is 5.91 Å². The fourth-order valence-electron chi connectivity index (χ4n) is 2.08. The predicted octanol–water partition coefficient (Wildman–Crippen LogP) is 4.85. The smallest absolute Gasteiger partial charge is 0.420 e. The van der Waals surface area contributed by atoms with Crippen molar-refractivity contribution in [3.05, 3.63) is 63.7 Å². The van der Waals surface area contributed by atoms with E-state index in [1.54, 1.807) is 5.43 Å². The van der Waals surface area contributed by atoms with E-state index in [1.807, 2.05) is 0 Å². The molecule has 0 fully saturated rings. The largest absolute Gasteiger partial charge is 0.507 e. The van der Waals surface area contributed by atoms with Crippen LogP contribution in [-0.4, -0.2) is 17.2 Å². The average Bonchev–Trinajstić information content (AvgIpc) is 2.55. The van der Waals surface area contributed by atoms with Crippen molar-refractivity contribution in [3.8, 4) is 5.75 Å². The van der Waals surface area contributed by atoms with Crippen molar-refractivity contribution < 1.29 is 36.2 Å². The summed E-state index contributed by atoms with van der Waals surface area (Å²) in [4.78, 5) is 11.9. The minimum Gasteiger partial charge on any atom is -0.507 e. The molecule has 0 bridgehead atoms. The summed E-state index contributed by atoms with van der Waals surface area (Å²) in [7, 11) is 0. The zero-order valence-corrected chi connectivity index (χ0v) is 13.7. The summed E-state index contributed by atoms with van der Waals surface area (Å²) >= 11 is 5.55. The third-order valence-electron chi connectivity index (χ3n) is 3.26. The highest BCUT2D eigenvalue weighted by atomic mass is 35.5. The molecule has 0 atom stereocenters. The van der Waals surface area contributed by atoms with Crippen LogP contribution < -0.4 is 5.43 Å². The van der Waals surface area contributed by atoms with Crippen LogP contribution in [0.15, 0.2) is 41.5 Å². The number of carbonyl (C=O) groups excluding carboxylic acids is 1. The van der Waals surface area contributed by atoms with E-state index in [1.165, 1.54) is 6.07 Å². The van der Waals surface area contributed by atoms with Gasteiger partial charge in [-0.25, -0.2) is 5.43 Å². The fourth-order valence-corrected chi connectivity index (χ4v) is 2.31. The first-order chi connectivity index (χ1) is 12.4. The molecule has 0 unspecified atom stereocenters. The maximum absolute atomic E-state index is 12.9. The number of hydrogen-bond donors (Lipinski definition) is 2. The minimum atomic E-state index is -4.90. The lowest BCUT2D eigenvalue weighted by molar-refractivity contribution is -0.139. The van der Waals surface area contributed by atoms with Crippen molar-refractivity contribution in [2.24, 2.45) is 5.10 Å². The molecule has 0 spiro atoms. The van der Waals surface area contributed by atoms with Gasteiger partial charge in [-0.2, -0.15) is 31.4 Å². The molecule has 27 heavy (non-hydrogen) atoms. The standard InChI is InChI=1S/C16H9ClF6N2O2/c17-9-5-8(13(26)12(6-9)16(21,22)23)7-24-25-14(27)10-3-1-2-4-11(10)15(18,19)20/h1-7,26H,(H,25,27). The lowest BCUT2D eigenvalue weighted by atomic mass is 10.1. The quantitative estimate of drug-likeness (QED) is 0.432. The van der Waals surface area contributed by atoms with Crippen molar-refractivity contribution in [1.82, 2.24) is 5.43 Å². The Morgan fingerprint density at radius 3 is 2.22 bits per heavy atom. The molecule has 1 amide bonds. The maximum Gasteiger partial charge on any atom is 0.420 e. The number of rotatable bonds is 3. The number of alkyl halides is 6. The van der Waals surface area contributed by atoms with E-state index in [4.69, 9.17) is 11.6 Å². The Labute approximate surface area is 153 Å². The van der Waals surface area contributed by atoms with Crippen molar-refractivity contribution in [2.75, 3.05) is 0 Å². The van der Waals surface area contributed by atoms with Crippen LogP contribution in [0.25, 0.3) is 0 Å². The third-order valence-corrected chi connectivity index (χ3v) is 3.47. The van der Waals surface area contributed by atoms with Gasteiger partial charge in [0, 0.05) is 10.6 Å². The van der Waals surface area contributed by atoms with Crippen LogP contribution in [0.3, 0.4) is 0 Å². The van der Waals surface area contributed by atoms with Crippen molar-refractivity contribution in [1.29, 1.82) is 0 Å². The first kappa shape index (κ1) is 20.6. The molecule has 2 N–H and O–H groups in total. The highest BCUT2D eigenvalue weighted by Crippen LogP contribution is 2.39. The molecule has 2 rings (SSSR count). The summed E-state index contributed by atoms with van der Waals surface area (Å²) in [5.74, 6) is -2.43. The van der Waals surface area contributed by atoms with Gasteiger partial charge in [-0.15, -0.1) is 0 Å². The zero-order valence-electron chi connectivity index (χ0n) is 13.0. The van der Waals surface area contributed by atoms with Gasteiger partial charge in [0.15, 0.2) is 0 Å². The molecule has 0 heterocycles. The number of nitrogens with one attached hydrogen (secondary N) is 1. The number of phenolic OH excluding ortho intramolecular Hbond substituents is 1. The Balaban J connectivity index is 2.27. The van der Waals surface area contributed by atoms with E-state index in [0.29, 0.717) is 18.3 Å². The topological polar surface area (TPSA) is 61.7 Å². The Kier molecular flexibility index (Phi) is 5.69. The van der Waals surface area contributed by atoms with Crippen LogP contribution in [0.4, 0.5) is 26.3 Å². The Bertz CT molecular complexity index is 893. The predicted molar refractivity (Wildman–Crippen MR) is 84.6 cm³/mol. The number of hydrogen-bond acceptors (Lipinski definition) is 3. The molecular weight excluding hydrogens is 402 g/mol.